The maximum absolute atomic E-state index is 13.3. The van der Waals surface area contributed by atoms with Crippen molar-refractivity contribution in [3.8, 4) is 11.5 Å². The summed E-state index contributed by atoms with van der Waals surface area (Å²) in [5.74, 6) is -0.653. The van der Waals surface area contributed by atoms with Gasteiger partial charge in [0, 0.05) is 12.2 Å². The number of alkyl halides is 3. The molecule has 1 atom stereocenters. The number of halogens is 3. The van der Waals surface area contributed by atoms with E-state index in [2.05, 4.69) is 10.1 Å². The summed E-state index contributed by atoms with van der Waals surface area (Å²) in [5, 5.41) is 2.49. The zero-order chi connectivity index (χ0) is 22.9. The number of hydrogen-bond donors (Lipinski definition) is 1. The third kappa shape index (κ3) is 4.71. The van der Waals surface area contributed by atoms with Crippen molar-refractivity contribution in [2.75, 3.05) is 23.3 Å². The molecule has 2 aromatic rings. The molecule has 3 rings (SSSR count). The highest BCUT2D eigenvalue weighted by atomic mass is 32.2. The van der Waals surface area contributed by atoms with Crippen LogP contribution in [0.15, 0.2) is 48.5 Å². The van der Waals surface area contributed by atoms with E-state index in [4.69, 9.17) is 4.74 Å². The fourth-order valence-electron chi connectivity index (χ4n) is 3.30. The molecule has 0 unspecified atom stereocenters. The highest BCUT2D eigenvalue weighted by Crippen LogP contribution is 2.37. The van der Waals surface area contributed by atoms with Crippen LogP contribution in [0.4, 0.5) is 24.5 Å². The highest BCUT2D eigenvalue weighted by molar-refractivity contribution is 7.95. The SMILES string of the molecule is COc1ccc(N2CCC[C@](C)(C(=O)Nc3ccc(OC(F)(F)F)cc3)S2(=O)=O)cc1. The van der Waals surface area contributed by atoms with Gasteiger partial charge >= 0.3 is 6.36 Å². The summed E-state index contributed by atoms with van der Waals surface area (Å²) >= 11 is 0. The molecule has 0 bridgehead atoms. The normalized spacial score (nSPS) is 20.7. The second-order valence-corrected chi connectivity index (χ2v) is 9.43. The van der Waals surface area contributed by atoms with E-state index in [1.54, 1.807) is 24.3 Å². The van der Waals surface area contributed by atoms with Crippen LogP contribution < -0.4 is 19.1 Å². The summed E-state index contributed by atoms with van der Waals surface area (Å²) in [6.07, 6.45) is -4.28. The first-order valence-corrected chi connectivity index (χ1v) is 10.7. The standard InChI is InChI=1S/C20H21F3N2O5S/c1-19(18(26)24-14-4-8-17(9-5-14)30-20(21,22)23)12-3-13-25(31(19,27)28)15-6-10-16(29-2)11-7-15/h4-11H,3,12-13H2,1-2H3,(H,24,26)/t19-/m1/s1. The minimum atomic E-state index is -4.83. The molecule has 0 aliphatic carbocycles. The van der Waals surface area contributed by atoms with Crippen LogP contribution >= 0.6 is 0 Å². The van der Waals surface area contributed by atoms with E-state index in [0.29, 0.717) is 17.9 Å². The van der Waals surface area contributed by atoms with E-state index in [1.165, 1.54) is 30.5 Å². The Morgan fingerprint density at radius 3 is 2.19 bits per heavy atom. The molecule has 1 amide bonds. The van der Waals surface area contributed by atoms with Crippen LogP contribution in [0.3, 0.4) is 0 Å². The Morgan fingerprint density at radius 2 is 1.65 bits per heavy atom. The van der Waals surface area contributed by atoms with Gasteiger partial charge in [0.25, 0.3) is 0 Å². The van der Waals surface area contributed by atoms with Gasteiger partial charge < -0.3 is 14.8 Å². The summed E-state index contributed by atoms with van der Waals surface area (Å²) in [7, 11) is -2.59. The molecule has 1 aliphatic rings. The molecule has 0 saturated carbocycles. The predicted octanol–water partition coefficient (Wildman–Crippen LogP) is 3.92. The Kier molecular flexibility index (Phi) is 6.08. The van der Waals surface area contributed by atoms with Gasteiger partial charge in [0.15, 0.2) is 4.75 Å². The molecule has 31 heavy (non-hydrogen) atoms. The number of sulfonamides is 1. The van der Waals surface area contributed by atoms with Gasteiger partial charge in [-0.25, -0.2) is 8.42 Å². The van der Waals surface area contributed by atoms with Crippen LogP contribution in [0, 0.1) is 0 Å². The second-order valence-electron chi connectivity index (χ2n) is 7.14. The lowest BCUT2D eigenvalue weighted by atomic mass is 10.0. The van der Waals surface area contributed by atoms with Crippen molar-refractivity contribution in [1.82, 2.24) is 0 Å². The number of anilines is 2. The maximum Gasteiger partial charge on any atom is 0.573 e. The molecule has 168 valence electrons. The largest absolute Gasteiger partial charge is 0.573 e. The number of benzene rings is 2. The third-order valence-electron chi connectivity index (χ3n) is 5.06. The molecule has 1 fully saturated rings. The van der Waals surface area contributed by atoms with E-state index in [9.17, 15) is 26.4 Å². The fraction of sp³-hybridized carbons (Fsp3) is 0.350. The molecular formula is C20H21F3N2O5S. The van der Waals surface area contributed by atoms with Gasteiger partial charge in [-0.2, -0.15) is 0 Å². The number of methoxy groups -OCH3 is 1. The van der Waals surface area contributed by atoms with Gasteiger partial charge in [0.05, 0.1) is 12.8 Å². The first-order valence-electron chi connectivity index (χ1n) is 9.30. The number of carbonyl (C=O) groups excluding carboxylic acids is 1. The molecule has 0 aromatic heterocycles. The summed E-state index contributed by atoms with van der Waals surface area (Å²) in [4.78, 5) is 12.9. The minimum absolute atomic E-state index is 0.100. The summed E-state index contributed by atoms with van der Waals surface area (Å²) < 4.78 is 71.8. The zero-order valence-corrected chi connectivity index (χ0v) is 17.6. The lowest BCUT2D eigenvalue weighted by Crippen LogP contribution is -2.57. The molecule has 2 aromatic carbocycles. The third-order valence-corrected chi connectivity index (χ3v) is 7.56. The average molecular weight is 458 g/mol. The fourth-order valence-corrected chi connectivity index (χ4v) is 5.25. The van der Waals surface area contributed by atoms with Crippen molar-refractivity contribution in [2.45, 2.75) is 30.9 Å². The smallest absolute Gasteiger partial charge is 0.497 e. The zero-order valence-electron chi connectivity index (χ0n) is 16.8. The van der Waals surface area contributed by atoms with Crippen molar-refractivity contribution in [1.29, 1.82) is 0 Å². The number of rotatable bonds is 5. The second kappa shape index (κ2) is 8.29. The van der Waals surface area contributed by atoms with Crippen LogP contribution in [0.5, 0.6) is 11.5 Å². The van der Waals surface area contributed by atoms with E-state index >= 15 is 0 Å². The minimum Gasteiger partial charge on any atom is -0.497 e. The van der Waals surface area contributed by atoms with Crippen molar-refractivity contribution in [3.05, 3.63) is 48.5 Å². The number of hydrogen-bond acceptors (Lipinski definition) is 5. The summed E-state index contributed by atoms with van der Waals surface area (Å²) in [6.45, 7) is 1.56. The maximum atomic E-state index is 13.3. The van der Waals surface area contributed by atoms with Crippen molar-refractivity contribution >= 4 is 27.3 Å². The molecule has 0 spiro atoms. The van der Waals surface area contributed by atoms with Crippen molar-refractivity contribution < 1.29 is 35.9 Å². The van der Waals surface area contributed by atoms with Gasteiger partial charge in [-0.05, 0) is 68.3 Å². The van der Waals surface area contributed by atoms with Crippen LogP contribution in [0.2, 0.25) is 0 Å². The van der Waals surface area contributed by atoms with Crippen LogP contribution in [-0.4, -0.2) is 39.1 Å². The van der Waals surface area contributed by atoms with E-state index in [-0.39, 0.29) is 18.7 Å². The van der Waals surface area contributed by atoms with Crippen LogP contribution in [0.1, 0.15) is 19.8 Å². The Bertz CT molecular complexity index is 1040. The van der Waals surface area contributed by atoms with Crippen LogP contribution in [-0.2, 0) is 14.8 Å². The van der Waals surface area contributed by atoms with Gasteiger partial charge in [-0.15, -0.1) is 13.2 Å². The van der Waals surface area contributed by atoms with Crippen molar-refractivity contribution in [2.24, 2.45) is 0 Å². The summed E-state index contributed by atoms with van der Waals surface area (Å²) in [6, 6.07) is 10.9. The van der Waals surface area contributed by atoms with Crippen LogP contribution in [0.25, 0.3) is 0 Å². The predicted molar refractivity (Wildman–Crippen MR) is 109 cm³/mol. The number of nitrogens with one attached hydrogen (secondary N) is 1. The molecular weight excluding hydrogens is 437 g/mol. The van der Waals surface area contributed by atoms with E-state index < -0.39 is 32.8 Å². The molecule has 1 saturated heterocycles. The number of nitrogens with zero attached hydrogens (tertiary/aromatic N) is 1. The molecule has 11 heteroatoms. The lowest BCUT2D eigenvalue weighted by molar-refractivity contribution is -0.274. The van der Waals surface area contributed by atoms with Crippen molar-refractivity contribution in [3.63, 3.8) is 0 Å². The molecule has 1 N–H and O–H groups in total. The molecule has 1 aliphatic heterocycles. The highest BCUT2D eigenvalue weighted by Gasteiger charge is 2.52. The Labute approximate surface area is 177 Å². The first kappa shape index (κ1) is 22.7. The average Bonchev–Trinajstić information content (AvgIpc) is 2.70. The Morgan fingerprint density at radius 1 is 1.06 bits per heavy atom. The van der Waals surface area contributed by atoms with E-state index in [1.807, 2.05) is 0 Å². The molecule has 0 radical (unpaired) electrons. The Hall–Kier alpha value is -2.95. The van der Waals surface area contributed by atoms with Gasteiger partial charge in [0.2, 0.25) is 15.9 Å². The Balaban J connectivity index is 1.80. The molecule has 1 heterocycles. The van der Waals surface area contributed by atoms with Gasteiger partial charge in [-0.1, -0.05) is 0 Å². The van der Waals surface area contributed by atoms with Gasteiger partial charge in [0.1, 0.15) is 11.5 Å². The van der Waals surface area contributed by atoms with E-state index in [0.717, 1.165) is 12.1 Å². The summed E-state index contributed by atoms with van der Waals surface area (Å²) in [5.41, 5.74) is 0.561. The number of amides is 1. The van der Waals surface area contributed by atoms with Gasteiger partial charge in [-0.3, -0.25) is 9.10 Å². The quantitative estimate of drug-likeness (QED) is 0.734. The number of ether oxygens (including phenoxy) is 2. The first-order chi connectivity index (χ1) is 14.5. The number of carbonyl (C=O) groups is 1. The monoisotopic (exact) mass is 458 g/mol. The topological polar surface area (TPSA) is 84.9 Å². The molecule has 7 nitrogen and oxygen atoms in total. The lowest BCUT2D eigenvalue weighted by Gasteiger charge is -2.39.